The van der Waals surface area contributed by atoms with Crippen LogP contribution >= 0.6 is 31.9 Å². The number of carbonyl (C=O) groups is 15. The Morgan fingerprint density at radius 2 is 0.459 bits per heavy atom. The van der Waals surface area contributed by atoms with Crippen LogP contribution in [0.15, 0.2) is 0 Å². The zero-order valence-corrected chi connectivity index (χ0v) is 89.4. The molecule has 46 heteroatoms. The highest BCUT2D eigenvalue weighted by atomic mass is 79.9. The Labute approximate surface area is 810 Å². The Hall–Kier alpha value is -8.97. The minimum atomic E-state index is -0.660. The van der Waals surface area contributed by atoms with Crippen molar-refractivity contribution < 1.29 is 86.1 Å². The minimum Gasteiger partial charge on any atom is -0.443 e. The zero-order valence-electron chi connectivity index (χ0n) is 86.2. The van der Waals surface area contributed by atoms with Crippen LogP contribution in [-0.4, -0.2) is 296 Å². The van der Waals surface area contributed by atoms with Crippen molar-refractivity contribution in [1.82, 2.24) is 109 Å². The van der Waals surface area contributed by atoms with Gasteiger partial charge in [0.05, 0.1) is 62.1 Å². The molecule has 133 heavy (non-hydrogen) atoms. The summed E-state index contributed by atoms with van der Waals surface area (Å²) < 4.78 is 15.7. The van der Waals surface area contributed by atoms with Crippen LogP contribution in [-0.2, 0) is 71.7 Å². The molecule has 0 saturated heterocycles. The van der Waals surface area contributed by atoms with Crippen molar-refractivity contribution in [3.8, 4) is 12.1 Å². The molecule has 0 saturated carbocycles. The molecule has 0 aliphatic heterocycles. The highest BCUT2D eigenvalue weighted by Gasteiger charge is 2.30. The summed E-state index contributed by atoms with van der Waals surface area (Å²) in [5, 5.41) is 33.8. The molecular weight excluding hydrogens is 1860 g/mol. The molecule has 0 radical (unpaired) electrons. The molecule has 15 N–H and O–H groups in total. The van der Waals surface area contributed by atoms with E-state index in [0.29, 0.717) is 103 Å². The van der Waals surface area contributed by atoms with Gasteiger partial charge in [-0.3, -0.25) is 154 Å². The molecular formula is C87H172Br2N26O18. The molecule has 0 unspecified atom stereocenters. The van der Waals surface area contributed by atoms with E-state index in [0.717, 1.165) is 0 Å². The summed E-state index contributed by atoms with van der Waals surface area (Å²) in [4.78, 5) is 177. The maximum Gasteiger partial charge on any atom is 0.422 e. The number of hydrazine groups is 12. The van der Waals surface area contributed by atoms with Crippen molar-refractivity contribution in [3.63, 3.8) is 0 Å². The lowest BCUT2D eigenvalue weighted by atomic mass is 10.2. The number of nitrogens with zero attached hydrogens (tertiary/aromatic N) is 14. The molecule has 0 fully saturated rings. The van der Waals surface area contributed by atoms with Crippen LogP contribution in [0.2, 0.25) is 0 Å². The fourth-order valence-electron chi connectivity index (χ4n) is 10.7. The van der Waals surface area contributed by atoms with Crippen molar-refractivity contribution in [3.05, 3.63) is 0 Å². The topological polar surface area (TPSA) is 557 Å². The summed E-state index contributed by atoms with van der Waals surface area (Å²) in [6, 6.07) is 3.49. The molecule has 0 aliphatic carbocycles. The molecule has 44 nitrogen and oxygen atoms in total. The van der Waals surface area contributed by atoms with Crippen LogP contribution in [0.3, 0.4) is 0 Å². The quantitative estimate of drug-likeness (QED) is 0.0101. The number of hydrogen-bond donors (Lipinski definition) is 12. The van der Waals surface area contributed by atoms with Crippen LogP contribution in [0.25, 0.3) is 0 Å². The second kappa shape index (κ2) is 73.4. The van der Waals surface area contributed by atoms with Gasteiger partial charge >= 0.3 is 18.3 Å². The maximum atomic E-state index is 12.7. The number of amides is 15. The summed E-state index contributed by atoms with van der Waals surface area (Å²) in [6.07, 6.45) is -1.54. The standard InChI is InChI=1S/C18H33N5O4.C17H33BrN4O4.C16H32N4O4.C13H25N5O2.C12H25BrN4O2.C11H24N4O2/c1-13(2)10-22(21-17(26)27-18(5,6)7)12-16(25)23(11-14(3)4)20-15(24)8-9-19;1-12(2)9-21(20-16(25)26-17(5,6)7)11-15(24)22(10-13(3)4)19-14(23)8-18;1-12(2)8-19(18-15(23)24-16(5,6)7)10-14(22)20(17-11-21)9-13(3)4;1-10(2)7-17(15)9-13(20)18(8-11(3)4)16-12(19)5-6-14;1-9(2)6-16(14)8-12(19)17(7-10(3)4)15-11(18)5-13;1-9(2)5-14(12)7-11(17)15(13-8-16)6-10(3)4/h13-14H,8,10-12H2,1-7H3,(H,20,24)(H,21,26);12-13H,8-11H2,1-7H3,(H,19,23)(H,20,25);11-13H,8-10H2,1-7H3,(H,17,21)(H,18,23);10-11H,5,7-9,15H2,1-4H3,(H,16,19);9-10H,5-8,14H2,1-4H3,(H,15,18);8-10H,5-7,12H2,1-4H3,(H,13,16). The van der Waals surface area contributed by atoms with E-state index in [1.54, 1.807) is 74.5 Å². The number of carbonyl (C=O) groups excluding carboxylic acids is 15. The summed E-state index contributed by atoms with van der Waals surface area (Å²) in [5.74, 6) is 16.9. The van der Waals surface area contributed by atoms with Crippen LogP contribution in [0.1, 0.15) is 241 Å². The number of rotatable bonds is 47. The van der Waals surface area contributed by atoms with Gasteiger partial charge in [-0.1, -0.05) is 198 Å². The van der Waals surface area contributed by atoms with E-state index in [4.69, 9.17) is 42.3 Å². The number of alkyl halides is 2. The van der Waals surface area contributed by atoms with E-state index >= 15 is 0 Å². The van der Waals surface area contributed by atoms with E-state index in [2.05, 4.69) is 80.7 Å². The maximum absolute atomic E-state index is 12.7. The highest BCUT2D eigenvalue weighted by Crippen LogP contribution is 2.13. The molecule has 772 valence electrons. The van der Waals surface area contributed by atoms with Crippen molar-refractivity contribution in [1.29, 1.82) is 10.5 Å². The molecule has 0 spiro atoms. The molecule has 0 atom stereocenters. The van der Waals surface area contributed by atoms with Gasteiger partial charge in [-0.05, 0) is 133 Å². The predicted octanol–water partition coefficient (Wildman–Crippen LogP) is 6.58. The first-order valence-electron chi connectivity index (χ1n) is 45.0. The normalized spacial score (nSPS) is 11.3. The first kappa shape index (κ1) is 135. The van der Waals surface area contributed by atoms with Crippen LogP contribution in [0.5, 0.6) is 0 Å². The van der Waals surface area contributed by atoms with Gasteiger partial charge < -0.3 is 14.2 Å². The molecule has 0 bridgehead atoms. The SMILES string of the molecule is CC(C)CN(CC(=O)N(CC(C)C)NC(=O)CBr)NC(=O)OC(C)(C)C.CC(C)CN(CC(=O)N(CC(C)C)NC(=O)CC#N)NC(=O)OC(C)(C)C.CC(C)CN(CC(=O)N(CC(C)C)NC=O)NC(=O)OC(C)(C)C.CC(C)CN(N)CC(=O)N(CC(C)C)NC(=O)CBr.CC(C)CN(N)CC(=O)N(CC(C)C)NC(=O)CC#N.CC(C)CN(N)CC(=O)N(CC(C)C)NC=O. The van der Waals surface area contributed by atoms with Gasteiger partial charge in [0.2, 0.25) is 24.6 Å². The molecule has 15 amide bonds. The second-order valence-corrected chi connectivity index (χ2v) is 40.7. The highest BCUT2D eigenvalue weighted by molar-refractivity contribution is 9.09. The smallest absolute Gasteiger partial charge is 0.422 e. The fraction of sp³-hybridized carbons (Fsp3) is 0.805. The van der Waals surface area contributed by atoms with E-state index in [-0.39, 0.29) is 164 Å². The number of hydrogen-bond acceptors (Lipinski definition) is 29. The van der Waals surface area contributed by atoms with Gasteiger partial charge in [0.25, 0.3) is 47.3 Å². The van der Waals surface area contributed by atoms with E-state index in [1.807, 2.05) is 166 Å². The molecule has 0 rings (SSSR count). The lowest BCUT2D eigenvalue weighted by Crippen LogP contribution is -2.55. The lowest BCUT2D eigenvalue weighted by Gasteiger charge is -2.30. The van der Waals surface area contributed by atoms with Gasteiger partial charge in [0.15, 0.2) is 0 Å². The molecule has 0 heterocycles. The molecule has 0 aliphatic rings. The van der Waals surface area contributed by atoms with Gasteiger partial charge in [-0.25, -0.2) is 44.4 Å². The fourth-order valence-corrected chi connectivity index (χ4v) is 10.9. The average molecular weight is 2030 g/mol. The van der Waals surface area contributed by atoms with Gasteiger partial charge in [0.1, 0.15) is 29.6 Å². The summed E-state index contributed by atoms with van der Waals surface area (Å²) in [5.41, 5.74) is 20.7. The largest absolute Gasteiger partial charge is 0.443 e. The molecule has 0 aromatic heterocycles. The predicted molar refractivity (Wildman–Crippen MR) is 517 cm³/mol. The van der Waals surface area contributed by atoms with E-state index in [1.165, 1.54) is 60.1 Å². The third-order valence-electron chi connectivity index (χ3n) is 14.8. The number of ether oxygens (including phenoxy) is 3. The van der Waals surface area contributed by atoms with Gasteiger partial charge in [-0.15, -0.1) is 0 Å². The van der Waals surface area contributed by atoms with Crippen molar-refractivity contribution >= 4 is 122 Å². The Balaban J connectivity index is -0.000000366. The number of halogens is 2. The number of nitrogens with two attached hydrogens (primary N) is 3. The van der Waals surface area contributed by atoms with Crippen LogP contribution < -0.4 is 66.4 Å². The summed E-state index contributed by atoms with van der Waals surface area (Å²) >= 11 is 6.13. The third-order valence-corrected chi connectivity index (χ3v) is 15.8. The zero-order chi connectivity index (χ0) is 105. The number of nitrogens with one attached hydrogen (secondary N) is 9. The first-order valence-corrected chi connectivity index (χ1v) is 47.2. The third kappa shape index (κ3) is 84.5. The van der Waals surface area contributed by atoms with E-state index < -0.39 is 52.8 Å². The minimum absolute atomic E-state index is 0.0255. The Morgan fingerprint density at radius 1 is 0.286 bits per heavy atom. The summed E-state index contributed by atoms with van der Waals surface area (Å²) in [6.45, 7) is 68.7. The molecule has 0 aromatic carbocycles. The number of nitriles is 2. The Kier molecular flexibility index (Phi) is 74.3. The summed E-state index contributed by atoms with van der Waals surface area (Å²) in [7, 11) is 0. The van der Waals surface area contributed by atoms with Crippen LogP contribution in [0.4, 0.5) is 14.4 Å². The first-order chi connectivity index (χ1) is 61.0. The van der Waals surface area contributed by atoms with Crippen molar-refractivity contribution in [2.24, 2.45) is 88.5 Å². The van der Waals surface area contributed by atoms with Crippen molar-refractivity contribution in [2.45, 2.75) is 258 Å². The van der Waals surface area contributed by atoms with Gasteiger partial charge in [-0.2, -0.15) is 10.5 Å². The monoisotopic (exact) mass is 2030 g/mol. The Morgan fingerprint density at radius 3 is 0.632 bits per heavy atom. The Bertz CT molecular complexity index is 3470. The average Bonchev–Trinajstić information content (AvgIpc) is 0.896. The second-order valence-electron chi connectivity index (χ2n) is 39.6. The van der Waals surface area contributed by atoms with Crippen molar-refractivity contribution in [2.75, 3.05) is 128 Å². The molecule has 0 aromatic rings. The van der Waals surface area contributed by atoms with E-state index in [9.17, 15) is 71.9 Å². The van der Waals surface area contributed by atoms with Gasteiger partial charge in [0, 0.05) is 78.5 Å². The lowest BCUT2D eigenvalue weighted by molar-refractivity contribution is -0.143. The van der Waals surface area contributed by atoms with Crippen LogP contribution in [0, 0.1) is 93.7 Å².